The highest BCUT2D eigenvalue weighted by Crippen LogP contribution is 2.41. The molecule has 0 fully saturated rings. The van der Waals surface area contributed by atoms with E-state index in [0.29, 0.717) is 23.4 Å². The number of amides is 2. The zero-order valence-corrected chi connectivity index (χ0v) is 17.1. The molecule has 9 heteroatoms. The fourth-order valence-electron chi connectivity index (χ4n) is 4.28. The molecule has 0 bridgehead atoms. The first-order valence-corrected chi connectivity index (χ1v) is 11.8. The smallest absolute Gasteiger partial charge is 0.333 e. The number of sulfonamides is 1. The number of fused-ring (bicyclic) bond motifs is 3. The third kappa shape index (κ3) is 2.75. The number of aliphatic hydroxyl groups is 1. The van der Waals surface area contributed by atoms with Gasteiger partial charge in [-0.3, -0.25) is 0 Å². The predicted octanol–water partition coefficient (Wildman–Crippen LogP) is 2.39. The van der Waals surface area contributed by atoms with Gasteiger partial charge < -0.3 is 10.4 Å². The van der Waals surface area contributed by atoms with Gasteiger partial charge >= 0.3 is 6.03 Å². The summed E-state index contributed by atoms with van der Waals surface area (Å²) >= 11 is 0.939. The first-order valence-electron chi connectivity index (χ1n) is 9.47. The van der Waals surface area contributed by atoms with Crippen LogP contribution in [0.2, 0.25) is 0 Å². The number of nitrogens with zero attached hydrogens (tertiary/aromatic N) is 1. The van der Waals surface area contributed by atoms with Crippen LogP contribution in [0.4, 0.5) is 10.5 Å². The maximum atomic E-state index is 12.7. The molecule has 1 aromatic carbocycles. The highest BCUT2D eigenvalue weighted by molar-refractivity contribution is 7.92. The summed E-state index contributed by atoms with van der Waals surface area (Å²) in [5.41, 5.74) is 5.03. The Balaban J connectivity index is 1.38. The molecule has 2 aromatic rings. The first kappa shape index (κ1) is 18.1. The molecule has 3 aliphatic carbocycles. The standard InChI is InChI=1S/C19H21N3O4S2/c1-19(24)8-2-3-14-16(19)27-18(20-14)28(25,26)22-17(23)21-15-12-6-4-10(12)9-11-5-7-13(11)15/h9,24H,2-8H2,1H3,(H2,21,22,23). The molecule has 0 spiro atoms. The number of aromatic nitrogens is 1. The normalized spacial score (nSPS) is 22.2. The van der Waals surface area contributed by atoms with Gasteiger partial charge in [-0.2, -0.15) is 8.42 Å². The molecule has 28 heavy (non-hydrogen) atoms. The Morgan fingerprint density at radius 3 is 2.43 bits per heavy atom. The van der Waals surface area contributed by atoms with Gasteiger partial charge in [0.25, 0.3) is 10.0 Å². The van der Waals surface area contributed by atoms with E-state index in [1.807, 2.05) is 0 Å². The number of hydrogen-bond donors (Lipinski definition) is 3. The average Bonchev–Trinajstić information content (AvgIpc) is 2.98. The second-order valence-corrected chi connectivity index (χ2v) is 10.8. The number of carbonyl (C=O) groups excluding carboxylic acids is 1. The topological polar surface area (TPSA) is 108 Å². The lowest BCUT2D eigenvalue weighted by Crippen LogP contribution is -2.36. The quantitative estimate of drug-likeness (QED) is 0.708. The third-order valence-corrected chi connectivity index (χ3v) is 9.01. The second kappa shape index (κ2) is 6.01. The minimum atomic E-state index is -4.10. The summed E-state index contributed by atoms with van der Waals surface area (Å²) in [6.07, 6.45) is 5.76. The molecular formula is C19H21N3O4S2. The molecule has 3 N–H and O–H groups in total. The van der Waals surface area contributed by atoms with E-state index >= 15 is 0 Å². The maximum Gasteiger partial charge on any atom is 0.333 e. The summed E-state index contributed by atoms with van der Waals surface area (Å²) in [4.78, 5) is 17.2. The summed E-state index contributed by atoms with van der Waals surface area (Å²) in [7, 11) is -4.10. The Labute approximate surface area is 167 Å². The SMILES string of the molecule is CC1(O)CCCc2nc(S(=O)(=O)NC(=O)Nc3c4c(cc5c3CC5)CC4)sc21. The summed E-state index contributed by atoms with van der Waals surface area (Å²) < 4.78 is 27.3. The monoisotopic (exact) mass is 419 g/mol. The summed E-state index contributed by atoms with van der Waals surface area (Å²) in [5.74, 6) is 0. The molecule has 1 atom stereocenters. The van der Waals surface area contributed by atoms with Crippen molar-refractivity contribution < 1.29 is 18.3 Å². The van der Waals surface area contributed by atoms with Gasteiger partial charge in [-0.1, -0.05) is 6.07 Å². The van der Waals surface area contributed by atoms with Gasteiger partial charge in [-0.05, 0) is 74.1 Å². The van der Waals surface area contributed by atoms with Gasteiger partial charge in [0, 0.05) is 5.69 Å². The van der Waals surface area contributed by atoms with Gasteiger partial charge in [0.2, 0.25) is 4.34 Å². The van der Waals surface area contributed by atoms with Crippen molar-refractivity contribution in [1.29, 1.82) is 0 Å². The van der Waals surface area contributed by atoms with E-state index in [2.05, 4.69) is 21.1 Å². The van der Waals surface area contributed by atoms with Crippen molar-refractivity contribution in [2.24, 2.45) is 0 Å². The molecule has 0 radical (unpaired) electrons. The fourth-order valence-corrected chi connectivity index (χ4v) is 6.62. The van der Waals surface area contributed by atoms with Crippen LogP contribution in [0, 0.1) is 0 Å². The van der Waals surface area contributed by atoms with E-state index in [0.717, 1.165) is 60.3 Å². The average molecular weight is 420 g/mol. The lowest BCUT2D eigenvalue weighted by molar-refractivity contribution is 0.0422. The van der Waals surface area contributed by atoms with E-state index in [9.17, 15) is 18.3 Å². The Bertz CT molecular complexity index is 1090. The highest BCUT2D eigenvalue weighted by atomic mass is 32.2. The van der Waals surface area contributed by atoms with Crippen LogP contribution in [-0.4, -0.2) is 24.5 Å². The van der Waals surface area contributed by atoms with Crippen molar-refractivity contribution >= 4 is 33.1 Å². The first-order chi connectivity index (χ1) is 13.2. The number of benzene rings is 1. The third-order valence-electron chi connectivity index (χ3n) is 5.96. The van der Waals surface area contributed by atoms with Gasteiger partial charge in [0.1, 0.15) is 0 Å². The Morgan fingerprint density at radius 1 is 1.18 bits per heavy atom. The predicted molar refractivity (Wildman–Crippen MR) is 105 cm³/mol. The molecule has 2 amide bonds. The Morgan fingerprint density at radius 2 is 1.86 bits per heavy atom. The molecule has 7 nitrogen and oxygen atoms in total. The van der Waals surface area contributed by atoms with Crippen LogP contribution in [0.15, 0.2) is 10.4 Å². The van der Waals surface area contributed by atoms with Crippen LogP contribution < -0.4 is 10.0 Å². The molecule has 3 aliphatic rings. The molecule has 0 saturated heterocycles. The zero-order chi connectivity index (χ0) is 19.7. The molecule has 148 valence electrons. The number of anilines is 1. The summed E-state index contributed by atoms with van der Waals surface area (Å²) in [6, 6.07) is 1.43. The molecule has 1 aromatic heterocycles. The van der Waals surface area contributed by atoms with Gasteiger partial charge in [0.05, 0.1) is 16.2 Å². The van der Waals surface area contributed by atoms with Crippen molar-refractivity contribution in [3.63, 3.8) is 0 Å². The lowest BCUT2D eigenvalue weighted by atomic mass is 9.76. The van der Waals surface area contributed by atoms with Crippen LogP contribution in [0.5, 0.6) is 0 Å². The molecule has 5 rings (SSSR count). The maximum absolute atomic E-state index is 12.7. The largest absolute Gasteiger partial charge is 0.385 e. The fraction of sp³-hybridized carbons (Fsp3) is 0.474. The molecule has 1 heterocycles. The van der Waals surface area contributed by atoms with Crippen molar-refractivity contribution in [1.82, 2.24) is 9.71 Å². The van der Waals surface area contributed by atoms with E-state index in [1.165, 1.54) is 11.1 Å². The number of nitrogens with one attached hydrogen (secondary N) is 2. The van der Waals surface area contributed by atoms with Gasteiger partial charge in [-0.25, -0.2) is 14.5 Å². The van der Waals surface area contributed by atoms with Crippen LogP contribution in [-0.2, 0) is 47.7 Å². The lowest BCUT2D eigenvalue weighted by Gasteiger charge is -2.32. The van der Waals surface area contributed by atoms with Crippen molar-refractivity contribution in [3.8, 4) is 0 Å². The van der Waals surface area contributed by atoms with E-state index in [4.69, 9.17) is 0 Å². The van der Waals surface area contributed by atoms with Crippen molar-refractivity contribution in [2.45, 2.75) is 61.8 Å². The minimum absolute atomic E-state index is 0.177. The Kier molecular flexibility index (Phi) is 3.88. The molecular weight excluding hydrogens is 398 g/mol. The number of hydrogen-bond acceptors (Lipinski definition) is 6. The molecule has 0 saturated carbocycles. The highest BCUT2D eigenvalue weighted by Gasteiger charge is 2.36. The van der Waals surface area contributed by atoms with E-state index in [-0.39, 0.29) is 4.34 Å². The number of carbonyl (C=O) groups is 1. The number of rotatable bonds is 3. The minimum Gasteiger partial charge on any atom is -0.385 e. The summed E-state index contributed by atoms with van der Waals surface area (Å²) in [6.45, 7) is 1.67. The van der Waals surface area contributed by atoms with Crippen LogP contribution in [0.1, 0.15) is 52.6 Å². The van der Waals surface area contributed by atoms with Crippen LogP contribution >= 0.6 is 11.3 Å². The van der Waals surface area contributed by atoms with Crippen molar-refractivity contribution in [2.75, 3.05) is 5.32 Å². The van der Waals surface area contributed by atoms with E-state index < -0.39 is 21.7 Å². The number of thiazole rings is 1. The van der Waals surface area contributed by atoms with Crippen LogP contribution in [0.25, 0.3) is 0 Å². The zero-order valence-electron chi connectivity index (χ0n) is 15.5. The summed E-state index contributed by atoms with van der Waals surface area (Å²) in [5, 5.41) is 13.2. The van der Waals surface area contributed by atoms with Crippen molar-refractivity contribution in [3.05, 3.63) is 38.9 Å². The molecule has 1 unspecified atom stereocenters. The van der Waals surface area contributed by atoms with Gasteiger partial charge in [0.15, 0.2) is 0 Å². The second-order valence-electron chi connectivity index (χ2n) is 7.97. The van der Waals surface area contributed by atoms with Gasteiger partial charge in [-0.15, -0.1) is 11.3 Å². The number of urea groups is 1. The van der Waals surface area contributed by atoms with Crippen LogP contribution in [0.3, 0.4) is 0 Å². The molecule has 0 aliphatic heterocycles. The van der Waals surface area contributed by atoms with E-state index in [1.54, 1.807) is 6.92 Å². The number of aryl methyl sites for hydroxylation is 3. The Hall–Kier alpha value is -1.97.